The van der Waals surface area contributed by atoms with Crippen LogP contribution in [0.5, 0.6) is 0 Å². The van der Waals surface area contributed by atoms with Crippen LogP contribution in [0.2, 0.25) is 0 Å². The number of piperazine rings is 1. The van der Waals surface area contributed by atoms with Crippen molar-refractivity contribution in [3.8, 4) is 0 Å². The van der Waals surface area contributed by atoms with E-state index in [-0.39, 0.29) is 17.3 Å². The summed E-state index contributed by atoms with van der Waals surface area (Å²) < 4.78 is 18.5. The fourth-order valence-corrected chi connectivity index (χ4v) is 2.89. The van der Waals surface area contributed by atoms with Gasteiger partial charge in [0.05, 0.1) is 6.04 Å². The van der Waals surface area contributed by atoms with Crippen molar-refractivity contribution < 1.29 is 8.91 Å². The van der Waals surface area contributed by atoms with Crippen LogP contribution in [-0.4, -0.2) is 41.2 Å². The maximum Gasteiger partial charge on any atom is 0.243 e. The predicted octanol–water partition coefficient (Wildman–Crippen LogP) is 3.39. The lowest BCUT2D eigenvalue weighted by molar-refractivity contribution is 0.164. The molecule has 0 bridgehead atoms. The SMILES string of the molecule is C[C@@H](c1nc(C(C)(C)C)no1)N1CCN(c2ccc(F)cc2)CC1. The molecule has 0 saturated carbocycles. The van der Waals surface area contributed by atoms with Crippen LogP contribution in [0.15, 0.2) is 28.8 Å². The summed E-state index contributed by atoms with van der Waals surface area (Å²) in [6.07, 6.45) is 0. The standard InChI is InChI=1S/C18H25FN4O/c1-13(16-20-17(21-24-16)18(2,3)4)22-9-11-23(12-10-22)15-7-5-14(19)6-8-15/h5-8,13H,9-12H2,1-4H3/t13-/m0/s1. The van der Waals surface area contributed by atoms with Gasteiger partial charge in [-0.2, -0.15) is 4.98 Å². The second-order valence-electron chi connectivity index (χ2n) is 7.38. The molecule has 6 heteroatoms. The Morgan fingerprint density at radius 3 is 2.25 bits per heavy atom. The summed E-state index contributed by atoms with van der Waals surface area (Å²) in [4.78, 5) is 9.19. The number of benzene rings is 1. The van der Waals surface area contributed by atoms with Gasteiger partial charge in [-0.25, -0.2) is 4.39 Å². The third-order valence-electron chi connectivity index (χ3n) is 4.52. The van der Waals surface area contributed by atoms with Crippen LogP contribution in [0.25, 0.3) is 0 Å². The van der Waals surface area contributed by atoms with Crippen molar-refractivity contribution in [3.05, 3.63) is 41.8 Å². The van der Waals surface area contributed by atoms with Gasteiger partial charge in [-0.15, -0.1) is 0 Å². The third-order valence-corrected chi connectivity index (χ3v) is 4.52. The predicted molar refractivity (Wildman–Crippen MR) is 91.6 cm³/mol. The van der Waals surface area contributed by atoms with E-state index in [9.17, 15) is 4.39 Å². The summed E-state index contributed by atoms with van der Waals surface area (Å²) in [7, 11) is 0. The number of hydrogen-bond acceptors (Lipinski definition) is 5. The molecule has 0 radical (unpaired) electrons. The van der Waals surface area contributed by atoms with E-state index in [0.717, 1.165) is 37.7 Å². The molecular formula is C18H25FN4O. The first-order valence-corrected chi connectivity index (χ1v) is 8.43. The first-order valence-electron chi connectivity index (χ1n) is 8.43. The molecule has 1 aromatic heterocycles. The van der Waals surface area contributed by atoms with Gasteiger partial charge < -0.3 is 9.42 Å². The molecule has 1 aromatic carbocycles. The van der Waals surface area contributed by atoms with Crippen LogP contribution < -0.4 is 4.90 Å². The number of hydrogen-bond donors (Lipinski definition) is 0. The molecule has 0 unspecified atom stereocenters. The number of rotatable bonds is 3. The first-order chi connectivity index (χ1) is 11.3. The minimum absolute atomic E-state index is 0.101. The lowest BCUT2D eigenvalue weighted by atomic mass is 9.96. The molecule has 1 fully saturated rings. The largest absolute Gasteiger partial charge is 0.369 e. The first kappa shape index (κ1) is 16.9. The minimum Gasteiger partial charge on any atom is -0.369 e. The van der Waals surface area contributed by atoms with Crippen LogP contribution in [-0.2, 0) is 5.41 Å². The normalized spacial score (nSPS) is 18.0. The Balaban J connectivity index is 1.61. The highest BCUT2D eigenvalue weighted by atomic mass is 19.1. The molecule has 0 aliphatic carbocycles. The molecule has 130 valence electrons. The summed E-state index contributed by atoms with van der Waals surface area (Å²) in [6.45, 7) is 12.0. The third kappa shape index (κ3) is 3.59. The van der Waals surface area contributed by atoms with Crippen molar-refractivity contribution in [1.29, 1.82) is 0 Å². The number of nitrogens with zero attached hydrogens (tertiary/aromatic N) is 4. The van der Waals surface area contributed by atoms with Gasteiger partial charge in [0.1, 0.15) is 5.82 Å². The molecule has 1 saturated heterocycles. The van der Waals surface area contributed by atoms with Gasteiger partial charge in [0.15, 0.2) is 5.82 Å². The van der Waals surface area contributed by atoms with Gasteiger partial charge in [-0.3, -0.25) is 4.90 Å². The molecule has 2 aromatic rings. The number of halogens is 1. The Morgan fingerprint density at radius 2 is 1.71 bits per heavy atom. The van der Waals surface area contributed by atoms with E-state index in [2.05, 4.69) is 47.6 Å². The fraction of sp³-hybridized carbons (Fsp3) is 0.556. The molecule has 0 spiro atoms. The zero-order chi connectivity index (χ0) is 17.3. The molecule has 5 nitrogen and oxygen atoms in total. The quantitative estimate of drug-likeness (QED) is 0.862. The van der Waals surface area contributed by atoms with E-state index in [1.54, 1.807) is 0 Å². The molecule has 1 aliphatic rings. The van der Waals surface area contributed by atoms with E-state index in [1.807, 2.05) is 12.1 Å². The number of aromatic nitrogens is 2. The lowest BCUT2D eigenvalue weighted by Crippen LogP contribution is -2.47. The molecular weight excluding hydrogens is 307 g/mol. The monoisotopic (exact) mass is 332 g/mol. The van der Waals surface area contributed by atoms with Gasteiger partial charge in [0.2, 0.25) is 5.89 Å². The average Bonchev–Trinajstić information content (AvgIpc) is 3.05. The van der Waals surface area contributed by atoms with Crippen molar-refractivity contribution in [2.45, 2.75) is 39.2 Å². The second-order valence-corrected chi connectivity index (χ2v) is 7.38. The average molecular weight is 332 g/mol. The highest BCUT2D eigenvalue weighted by molar-refractivity contribution is 5.46. The van der Waals surface area contributed by atoms with Crippen molar-refractivity contribution >= 4 is 5.69 Å². The van der Waals surface area contributed by atoms with Gasteiger partial charge in [-0.1, -0.05) is 25.9 Å². The van der Waals surface area contributed by atoms with Gasteiger partial charge in [-0.05, 0) is 31.2 Å². The van der Waals surface area contributed by atoms with Crippen LogP contribution in [0.3, 0.4) is 0 Å². The zero-order valence-corrected chi connectivity index (χ0v) is 14.8. The van der Waals surface area contributed by atoms with E-state index in [4.69, 9.17) is 4.52 Å². The second kappa shape index (κ2) is 6.51. The van der Waals surface area contributed by atoms with E-state index in [1.165, 1.54) is 12.1 Å². The summed E-state index contributed by atoms with van der Waals surface area (Å²) in [5.41, 5.74) is 0.958. The molecule has 3 rings (SSSR count). The molecule has 24 heavy (non-hydrogen) atoms. The maximum absolute atomic E-state index is 13.0. The zero-order valence-electron chi connectivity index (χ0n) is 14.8. The van der Waals surface area contributed by atoms with Crippen molar-refractivity contribution in [2.24, 2.45) is 0 Å². The van der Waals surface area contributed by atoms with Crippen LogP contribution in [0.1, 0.15) is 45.5 Å². The maximum atomic E-state index is 13.0. The van der Waals surface area contributed by atoms with Gasteiger partial charge >= 0.3 is 0 Å². The highest BCUT2D eigenvalue weighted by Gasteiger charge is 2.28. The van der Waals surface area contributed by atoms with E-state index in [0.29, 0.717) is 5.89 Å². The summed E-state index contributed by atoms with van der Waals surface area (Å²) in [5, 5.41) is 4.12. The Kier molecular flexibility index (Phi) is 4.58. The lowest BCUT2D eigenvalue weighted by Gasteiger charge is -2.38. The minimum atomic E-state index is -0.197. The van der Waals surface area contributed by atoms with E-state index >= 15 is 0 Å². The summed E-state index contributed by atoms with van der Waals surface area (Å²) in [6, 6.07) is 6.79. The molecule has 0 amide bonds. The molecule has 1 aliphatic heterocycles. The smallest absolute Gasteiger partial charge is 0.243 e. The van der Waals surface area contributed by atoms with Crippen LogP contribution in [0.4, 0.5) is 10.1 Å². The topological polar surface area (TPSA) is 45.4 Å². The number of anilines is 1. The van der Waals surface area contributed by atoms with Crippen LogP contribution >= 0.6 is 0 Å². The van der Waals surface area contributed by atoms with Gasteiger partial charge in [0, 0.05) is 37.3 Å². The molecule has 0 N–H and O–H groups in total. The van der Waals surface area contributed by atoms with Gasteiger partial charge in [0.25, 0.3) is 0 Å². The Bertz CT molecular complexity index is 669. The molecule has 1 atom stereocenters. The fourth-order valence-electron chi connectivity index (χ4n) is 2.89. The summed E-state index contributed by atoms with van der Waals surface area (Å²) in [5.74, 6) is 1.22. The Hall–Kier alpha value is -1.95. The van der Waals surface area contributed by atoms with Crippen molar-refractivity contribution in [3.63, 3.8) is 0 Å². The highest BCUT2D eigenvalue weighted by Crippen LogP contribution is 2.25. The Morgan fingerprint density at radius 1 is 1.08 bits per heavy atom. The Labute approximate surface area is 142 Å². The van der Waals surface area contributed by atoms with Crippen molar-refractivity contribution in [1.82, 2.24) is 15.0 Å². The summed E-state index contributed by atoms with van der Waals surface area (Å²) >= 11 is 0. The van der Waals surface area contributed by atoms with Crippen LogP contribution in [0, 0.1) is 5.82 Å². The molecule has 2 heterocycles. The van der Waals surface area contributed by atoms with Crippen molar-refractivity contribution in [2.75, 3.05) is 31.1 Å². The van der Waals surface area contributed by atoms with E-state index < -0.39 is 0 Å².